The van der Waals surface area contributed by atoms with Gasteiger partial charge in [-0.25, -0.2) is 0 Å². The normalized spacial score (nSPS) is 27.4. The molecule has 7 nitrogen and oxygen atoms in total. The SMILES string of the molecule is CC1CN(S(=O)(=O)NC(C)(CO)CO)CC(C)O1. The number of rotatable bonds is 5. The molecule has 3 N–H and O–H groups in total. The lowest BCUT2D eigenvalue weighted by atomic mass is 10.1. The van der Waals surface area contributed by atoms with Crippen LogP contribution in [0.25, 0.3) is 0 Å². The summed E-state index contributed by atoms with van der Waals surface area (Å²) < 4.78 is 33.4. The summed E-state index contributed by atoms with van der Waals surface area (Å²) in [5.74, 6) is 0. The Bertz CT molecular complexity index is 358. The average Bonchev–Trinajstić information content (AvgIpc) is 2.27. The van der Waals surface area contributed by atoms with Gasteiger partial charge in [0.05, 0.1) is 31.0 Å². The second kappa shape index (κ2) is 5.81. The fraction of sp³-hybridized carbons (Fsp3) is 1.00. The summed E-state index contributed by atoms with van der Waals surface area (Å²) in [4.78, 5) is 0. The van der Waals surface area contributed by atoms with Crippen molar-refractivity contribution < 1.29 is 23.4 Å². The third-order valence-corrected chi connectivity index (χ3v) is 4.53. The van der Waals surface area contributed by atoms with Crippen LogP contribution in [-0.2, 0) is 14.9 Å². The summed E-state index contributed by atoms with van der Waals surface area (Å²) >= 11 is 0. The van der Waals surface area contributed by atoms with E-state index in [4.69, 9.17) is 14.9 Å². The van der Waals surface area contributed by atoms with Crippen molar-refractivity contribution in [2.24, 2.45) is 0 Å². The minimum atomic E-state index is -3.75. The number of ether oxygens (including phenoxy) is 1. The first-order chi connectivity index (χ1) is 8.22. The minimum Gasteiger partial charge on any atom is -0.394 e. The topological polar surface area (TPSA) is 99.1 Å². The van der Waals surface area contributed by atoms with Gasteiger partial charge >= 0.3 is 0 Å². The van der Waals surface area contributed by atoms with Gasteiger partial charge in [0.1, 0.15) is 0 Å². The first-order valence-corrected chi connectivity index (χ1v) is 7.32. The number of aliphatic hydroxyl groups is 2. The van der Waals surface area contributed by atoms with Gasteiger partial charge in [0.2, 0.25) is 0 Å². The van der Waals surface area contributed by atoms with E-state index < -0.39 is 29.0 Å². The number of hydrogen-bond donors (Lipinski definition) is 3. The highest BCUT2D eigenvalue weighted by molar-refractivity contribution is 7.87. The molecular weight excluding hydrogens is 260 g/mol. The van der Waals surface area contributed by atoms with E-state index in [1.807, 2.05) is 0 Å². The number of morpholine rings is 1. The maximum absolute atomic E-state index is 12.1. The van der Waals surface area contributed by atoms with Crippen molar-refractivity contribution in [3.63, 3.8) is 0 Å². The van der Waals surface area contributed by atoms with E-state index in [0.717, 1.165) is 0 Å². The van der Waals surface area contributed by atoms with Crippen molar-refractivity contribution in [1.29, 1.82) is 0 Å². The molecule has 0 aromatic carbocycles. The van der Waals surface area contributed by atoms with Gasteiger partial charge in [-0.1, -0.05) is 0 Å². The van der Waals surface area contributed by atoms with Crippen molar-refractivity contribution in [3.05, 3.63) is 0 Å². The molecular formula is C10H22N2O5S. The summed E-state index contributed by atoms with van der Waals surface area (Å²) in [5, 5.41) is 18.2. The molecule has 1 aliphatic heterocycles. The number of nitrogens with one attached hydrogen (secondary N) is 1. The average molecular weight is 282 g/mol. The Balaban J connectivity index is 2.80. The first-order valence-electron chi connectivity index (χ1n) is 5.88. The molecule has 0 radical (unpaired) electrons. The molecule has 108 valence electrons. The largest absolute Gasteiger partial charge is 0.394 e. The fourth-order valence-corrected chi connectivity index (χ4v) is 3.51. The Kier molecular flexibility index (Phi) is 5.10. The molecule has 1 saturated heterocycles. The highest BCUT2D eigenvalue weighted by Crippen LogP contribution is 2.15. The summed E-state index contributed by atoms with van der Waals surface area (Å²) in [7, 11) is -3.75. The van der Waals surface area contributed by atoms with Gasteiger partial charge in [-0.3, -0.25) is 0 Å². The Morgan fingerprint density at radius 1 is 1.28 bits per heavy atom. The van der Waals surface area contributed by atoms with Gasteiger partial charge < -0.3 is 14.9 Å². The lowest BCUT2D eigenvalue weighted by Gasteiger charge is -2.36. The van der Waals surface area contributed by atoms with Crippen LogP contribution in [-0.4, -0.2) is 67.0 Å². The summed E-state index contributed by atoms with van der Waals surface area (Å²) in [6.07, 6.45) is -0.361. The van der Waals surface area contributed by atoms with Crippen LogP contribution in [0.1, 0.15) is 20.8 Å². The molecule has 0 saturated carbocycles. The van der Waals surface area contributed by atoms with Gasteiger partial charge in [-0.05, 0) is 20.8 Å². The molecule has 0 aliphatic carbocycles. The highest BCUT2D eigenvalue weighted by atomic mass is 32.2. The van der Waals surface area contributed by atoms with E-state index in [2.05, 4.69) is 4.72 Å². The van der Waals surface area contributed by atoms with Crippen LogP contribution in [0.15, 0.2) is 0 Å². The molecule has 1 aliphatic rings. The lowest BCUT2D eigenvalue weighted by Crippen LogP contribution is -2.59. The van der Waals surface area contributed by atoms with E-state index in [-0.39, 0.29) is 25.3 Å². The maximum Gasteiger partial charge on any atom is 0.280 e. The van der Waals surface area contributed by atoms with Gasteiger partial charge in [0.15, 0.2) is 0 Å². The number of hydrogen-bond acceptors (Lipinski definition) is 5. The predicted molar refractivity (Wildman–Crippen MR) is 66.2 cm³/mol. The molecule has 2 atom stereocenters. The standard InChI is InChI=1S/C10H22N2O5S/c1-8-4-12(5-9(2)17-8)18(15,16)11-10(3,6-13)7-14/h8-9,11,13-14H,4-7H2,1-3H3. The molecule has 1 fully saturated rings. The number of aliphatic hydroxyl groups excluding tert-OH is 2. The molecule has 0 bridgehead atoms. The van der Waals surface area contributed by atoms with E-state index >= 15 is 0 Å². The molecule has 0 aromatic rings. The third kappa shape index (κ3) is 3.87. The molecule has 0 aromatic heterocycles. The molecule has 1 heterocycles. The summed E-state index contributed by atoms with van der Waals surface area (Å²) in [6, 6.07) is 0. The first kappa shape index (κ1) is 15.8. The molecule has 8 heteroatoms. The van der Waals surface area contributed by atoms with Crippen LogP contribution in [0.2, 0.25) is 0 Å². The van der Waals surface area contributed by atoms with E-state index in [0.29, 0.717) is 0 Å². The van der Waals surface area contributed by atoms with Crippen molar-refractivity contribution in [1.82, 2.24) is 9.03 Å². The van der Waals surface area contributed by atoms with Gasteiger partial charge in [0, 0.05) is 13.1 Å². The van der Waals surface area contributed by atoms with E-state index in [9.17, 15) is 8.42 Å². The van der Waals surface area contributed by atoms with Crippen LogP contribution in [0.5, 0.6) is 0 Å². The monoisotopic (exact) mass is 282 g/mol. The van der Waals surface area contributed by atoms with Crippen LogP contribution >= 0.6 is 0 Å². The summed E-state index contributed by atoms with van der Waals surface area (Å²) in [5.41, 5.74) is -1.26. The van der Waals surface area contributed by atoms with Crippen LogP contribution in [0.4, 0.5) is 0 Å². The van der Waals surface area contributed by atoms with Crippen molar-refractivity contribution >= 4 is 10.2 Å². The molecule has 0 spiro atoms. The predicted octanol–water partition coefficient (Wildman–Crippen LogP) is -1.33. The zero-order valence-corrected chi connectivity index (χ0v) is 11.8. The Morgan fingerprint density at radius 2 is 1.72 bits per heavy atom. The zero-order chi connectivity index (χ0) is 14.0. The van der Waals surface area contributed by atoms with Gasteiger partial charge in [0.25, 0.3) is 10.2 Å². The van der Waals surface area contributed by atoms with Gasteiger partial charge in [-0.15, -0.1) is 0 Å². The summed E-state index contributed by atoms with van der Waals surface area (Å²) in [6.45, 7) is 4.61. The third-order valence-electron chi connectivity index (χ3n) is 2.80. The number of nitrogens with zero attached hydrogens (tertiary/aromatic N) is 1. The quantitative estimate of drug-likeness (QED) is 0.580. The Labute approximate surface area is 108 Å². The lowest BCUT2D eigenvalue weighted by molar-refractivity contribution is -0.0448. The second-order valence-electron chi connectivity index (χ2n) is 5.06. The van der Waals surface area contributed by atoms with Crippen molar-refractivity contribution in [2.45, 2.75) is 38.5 Å². The van der Waals surface area contributed by atoms with E-state index in [1.54, 1.807) is 13.8 Å². The van der Waals surface area contributed by atoms with Crippen molar-refractivity contribution in [2.75, 3.05) is 26.3 Å². The molecule has 1 rings (SSSR count). The minimum absolute atomic E-state index is 0.181. The molecule has 18 heavy (non-hydrogen) atoms. The molecule has 0 amide bonds. The zero-order valence-electron chi connectivity index (χ0n) is 11.0. The van der Waals surface area contributed by atoms with Crippen LogP contribution < -0.4 is 4.72 Å². The van der Waals surface area contributed by atoms with Crippen molar-refractivity contribution in [3.8, 4) is 0 Å². The van der Waals surface area contributed by atoms with Gasteiger partial charge in [-0.2, -0.15) is 17.4 Å². The van der Waals surface area contributed by atoms with Crippen LogP contribution in [0.3, 0.4) is 0 Å². The smallest absolute Gasteiger partial charge is 0.280 e. The Hall–Kier alpha value is -0.250. The fourth-order valence-electron chi connectivity index (χ4n) is 1.82. The second-order valence-corrected chi connectivity index (χ2v) is 6.73. The Morgan fingerprint density at radius 3 is 2.11 bits per heavy atom. The highest BCUT2D eigenvalue weighted by Gasteiger charge is 2.36. The maximum atomic E-state index is 12.1. The van der Waals surface area contributed by atoms with E-state index in [1.165, 1.54) is 11.2 Å². The van der Waals surface area contributed by atoms with Crippen LogP contribution in [0, 0.1) is 0 Å². The molecule has 2 unspecified atom stereocenters.